The molecule has 3 nitrogen and oxygen atoms in total. The Kier molecular flexibility index (Phi) is 10.6. The lowest BCUT2D eigenvalue weighted by molar-refractivity contribution is 0.0396. The molecule has 0 aliphatic heterocycles. The van der Waals surface area contributed by atoms with Crippen LogP contribution in [-0.4, -0.2) is 43.3 Å². The summed E-state index contributed by atoms with van der Waals surface area (Å²) in [5, 5.41) is 0.262. The summed E-state index contributed by atoms with van der Waals surface area (Å²) in [5.41, 5.74) is 0. The molecule has 0 amide bonds. The minimum absolute atomic E-state index is 0.0686. The molecule has 0 aromatic carbocycles. The molecular weight excluding hydrogens is 445 g/mol. The number of rotatable bonds is 10. The van der Waals surface area contributed by atoms with Crippen LogP contribution in [0.5, 0.6) is 0 Å². The molecule has 188 valence electrons. The van der Waals surface area contributed by atoms with E-state index in [0.29, 0.717) is 6.42 Å². The first kappa shape index (κ1) is 31.8. The van der Waals surface area contributed by atoms with Crippen molar-refractivity contribution in [1.29, 1.82) is 0 Å². The molecule has 0 spiro atoms. The largest absolute Gasteiger partial charge is 0.410 e. The summed E-state index contributed by atoms with van der Waals surface area (Å²) in [6, 6.07) is 0. The molecule has 0 radical (unpaired) electrons. The highest BCUT2D eigenvalue weighted by molar-refractivity contribution is 6.75. The third-order valence-corrected chi connectivity index (χ3v) is 21.4. The van der Waals surface area contributed by atoms with Gasteiger partial charge in [0.1, 0.15) is 6.10 Å². The Morgan fingerprint density at radius 1 is 0.719 bits per heavy atom. The zero-order valence-corrected chi connectivity index (χ0v) is 27.0. The van der Waals surface area contributed by atoms with Crippen molar-refractivity contribution in [1.82, 2.24) is 0 Å². The molecule has 0 aromatic heterocycles. The van der Waals surface area contributed by atoms with Crippen molar-refractivity contribution in [3.05, 3.63) is 12.7 Å². The van der Waals surface area contributed by atoms with Gasteiger partial charge in [-0.3, -0.25) is 0 Å². The van der Waals surface area contributed by atoms with Crippen molar-refractivity contribution in [2.75, 3.05) is 0 Å². The van der Waals surface area contributed by atoms with Crippen LogP contribution in [0.25, 0.3) is 0 Å². The molecule has 0 aliphatic carbocycles. The van der Waals surface area contributed by atoms with Gasteiger partial charge in [-0.25, -0.2) is 0 Å². The topological polar surface area (TPSA) is 27.7 Å². The lowest BCUT2D eigenvalue weighted by Gasteiger charge is -2.45. The van der Waals surface area contributed by atoms with Gasteiger partial charge in [0.15, 0.2) is 25.0 Å². The maximum absolute atomic E-state index is 6.93. The number of terminal acetylenes is 1. The molecule has 32 heavy (non-hydrogen) atoms. The molecule has 0 bridgehead atoms. The minimum Gasteiger partial charge on any atom is -0.410 e. The molecule has 6 heteroatoms. The fourth-order valence-electron chi connectivity index (χ4n) is 2.48. The Labute approximate surface area is 204 Å². The molecular formula is C26H54O3Si3. The highest BCUT2D eigenvalue weighted by Gasteiger charge is 2.46. The molecule has 0 saturated carbocycles. The van der Waals surface area contributed by atoms with E-state index in [1.165, 1.54) is 0 Å². The summed E-state index contributed by atoms with van der Waals surface area (Å²) < 4.78 is 20.4. The van der Waals surface area contributed by atoms with E-state index in [1.54, 1.807) is 0 Å². The van der Waals surface area contributed by atoms with Gasteiger partial charge < -0.3 is 13.3 Å². The van der Waals surface area contributed by atoms with Gasteiger partial charge in [-0.2, -0.15) is 0 Å². The quantitative estimate of drug-likeness (QED) is 0.172. The third-order valence-electron chi connectivity index (χ3n) is 7.96. The fourth-order valence-corrected chi connectivity index (χ4v) is 6.32. The number of hydrogen-bond acceptors (Lipinski definition) is 3. The normalized spacial score (nSPS) is 17.4. The van der Waals surface area contributed by atoms with Crippen LogP contribution >= 0.6 is 0 Å². The predicted molar refractivity (Wildman–Crippen MR) is 150 cm³/mol. The monoisotopic (exact) mass is 498 g/mol. The SMILES string of the molecule is C#C[C@@H](O[Si](C)(C)C(C)(C)C)[C@H](C[C@@H](C=C)O[Si](C)(C)C(C)(C)C)O[Si](C)(C)C(C)(C)C. The van der Waals surface area contributed by atoms with Crippen molar-refractivity contribution < 1.29 is 13.3 Å². The molecule has 0 heterocycles. The van der Waals surface area contributed by atoms with Gasteiger partial charge in [0.05, 0.1) is 12.2 Å². The highest BCUT2D eigenvalue weighted by atomic mass is 28.4. The maximum Gasteiger partial charge on any atom is 0.193 e. The lowest BCUT2D eigenvalue weighted by atomic mass is 10.1. The van der Waals surface area contributed by atoms with Crippen molar-refractivity contribution >= 4 is 25.0 Å². The fraction of sp³-hybridized carbons (Fsp3) is 0.846. The molecule has 3 atom stereocenters. The first-order valence-electron chi connectivity index (χ1n) is 12.0. The summed E-state index contributed by atoms with van der Waals surface area (Å²) in [7, 11) is -6.13. The second-order valence-corrected chi connectivity index (χ2v) is 28.0. The molecule has 0 aliphatic rings. The molecule has 0 rings (SSSR count). The minimum atomic E-state index is -2.08. The number of hydrogen-bond donors (Lipinski definition) is 0. The van der Waals surface area contributed by atoms with Crippen LogP contribution in [0.3, 0.4) is 0 Å². The van der Waals surface area contributed by atoms with Crippen LogP contribution in [0.15, 0.2) is 12.7 Å². The molecule has 0 unspecified atom stereocenters. The van der Waals surface area contributed by atoms with Gasteiger partial charge in [0.2, 0.25) is 0 Å². The van der Waals surface area contributed by atoms with Gasteiger partial charge >= 0.3 is 0 Å². The first-order chi connectivity index (χ1) is 13.9. The summed E-state index contributed by atoms with van der Waals surface area (Å²) in [6.07, 6.45) is 7.91. The average molecular weight is 499 g/mol. The van der Waals surface area contributed by atoms with Gasteiger partial charge in [0, 0.05) is 6.42 Å². The summed E-state index contributed by atoms with van der Waals surface area (Å²) >= 11 is 0. The predicted octanol–water partition coefficient (Wildman–Crippen LogP) is 8.37. The van der Waals surface area contributed by atoms with Crippen LogP contribution in [-0.2, 0) is 13.3 Å². The van der Waals surface area contributed by atoms with Crippen molar-refractivity contribution in [2.45, 2.75) is 141 Å². The lowest BCUT2D eigenvalue weighted by Crippen LogP contribution is -2.53. The van der Waals surface area contributed by atoms with Crippen LogP contribution in [0.2, 0.25) is 54.4 Å². The molecule has 0 aromatic rings. The summed E-state index contributed by atoms with van der Waals surface area (Å²) in [6.45, 7) is 38.0. The van der Waals surface area contributed by atoms with Crippen LogP contribution in [0, 0.1) is 12.3 Å². The van der Waals surface area contributed by atoms with E-state index in [4.69, 9.17) is 19.7 Å². The zero-order valence-electron chi connectivity index (χ0n) is 24.0. The maximum atomic E-state index is 6.93. The van der Waals surface area contributed by atoms with E-state index in [1.807, 2.05) is 6.08 Å². The standard InChI is InChI=1S/C26H54O3Si3/c1-18-21(27-30(12,13)24(3,4)5)20-23(29-32(16,17)26(9,10)11)22(19-2)28-31(14,15)25(6,7)8/h2,18,21-23H,1,20H2,3-17H3/t21-,22-,23+/m1/s1. The Morgan fingerprint density at radius 2 is 1.06 bits per heavy atom. The molecule has 0 fully saturated rings. The Morgan fingerprint density at radius 3 is 1.38 bits per heavy atom. The van der Waals surface area contributed by atoms with Crippen molar-refractivity contribution in [3.8, 4) is 12.3 Å². The van der Waals surface area contributed by atoms with Gasteiger partial charge in [-0.1, -0.05) is 74.3 Å². The van der Waals surface area contributed by atoms with E-state index >= 15 is 0 Å². The van der Waals surface area contributed by atoms with Crippen molar-refractivity contribution in [3.63, 3.8) is 0 Å². The Hall–Kier alpha value is -0.169. The Balaban J connectivity index is 6.12. The third kappa shape index (κ3) is 8.56. The van der Waals surface area contributed by atoms with Gasteiger partial charge in [-0.15, -0.1) is 13.0 Å². The first-order valence-corrected chi connectivity index (χ1v) is 20.8. The Bertz CT molecular complexity index is 656. The highest BCUT2D eigenvalue weighted by Crippen LogP contribution is 2.42. The van der Waals surface area contributed by atoms with E-state index < -0.39 is 31.1 Å². The van der Waals surface area contributed by atoms with Crippen LogP contribution in [0.4, 0.5) is 0 Å². The summed E-state index contributed by atoms with van der Waals surface area (Å²) in [5.74, 6) is 2.96. The van der Waals surface area contributed by atoms with E-state index in [-0.39, 0.29) is 27.3 Å². The zero-order chi connectivity index (χ0) is 26.0. The van der Waals surface area contributed by atoms with Crippen LogP contribution < -0.4 is 0 Å². The molecule has 0 saturated heterocycles. The van der Waals surface area contributed by atoms with Gasteiger partial charge in [-0.05, 0) is 54.4 Å². The molecule has 0 N–H and O–H groups in total. The second-order valence-electron chi connectivity index (χ2n) is 13.8. The summed E-state index contributed by atoms with van der Waals surface area (Å²) in [4.78, 5) is 0. The second kappa shape index (κ2) is 10.6. The smallest absolute Gasteiger partial charge is 0.193 e. The van der Waals surface area contributed by atoms with Crippen molar-refractivity contribution in [2.24, 2.45) is 0 Å². The van der Waals surface area contributed by atoms with Crippen LogP contribution in [0.1, 0.15) is 68.7 Å². The average Bonchev–Trinajstić information content (AvgIpc) is 2.54. The van der Waals surface area contributed by atoms with E-state index in [2.05, 4.69) is 114 Å². The van der Waals surface area contributed by atoms with E-state index in [9.17, 15) is 0 Å². The van der Waals surface area contributed by atoms with E-state index in [0.717, 1.165) is 0 Å². The van der Waals surface area contributed by atoms with Gasteiger partial charge in [0.25, 0.3) is 0 Å².